The van der Waals surface area contributed by atoms with Gasteiger partial charge < -0.3 is 14.6 Å². The summed E-state index contributed by atoms with van der Waals surface area (Å²) in [4.78, 5) is 15.7. The van der Waals surface area contributed by atoms with Crippen molar-refractivity contribution in [2.24, 2.45) is 10.4 Å². The van der Waals surface area contributed by atoms with Crippen molar-refractivity contribution in [3.63, 3.8) is 0 Å². The zero-order chi connectivity index (χ0) is 24.4. The Kier molecular flexibility index (Phi) is 7.32. The van der Waals surface area contributed by atoms with Crippen molar-refractivity contribution in [3.05, 3.63) is 64.2 Å². The van der Waals surface area contributed by atoms with E-state index >= 15 is 0 Å². The maximum Gasteiger partial charge on any atom is 0.334 e. The van der Waals surface area contributed by atoms with Gasteiger partial charge in [0.2, 0.25) is 5.90 Å². The van der Waals surface area contributed by atoms with Crippen LogP contribution in [0.5, 0.6) is 5.75 Å². The molecule has 0 aliphatic carbocycles. The van der Waals surface area contributed by atoms with Gasteiger partial charge >= 0.3 is 5.97 Å². The molecule has 3 rings (SSSR count). The summed E-state index contributed by atoms with van der Waals surface area (Å²) in [6, 6.07) is 12.7. The second kappa shape index (κ2) is 9.68. The Morgan fingerprint density at radius 3 is 2.12 bits per heavy atom. The number of cyclic esters (lactones) is 1. The Labute approximate surface area is 197 Å². The standard InChI is InChI=1S/C28H37NO4/c1-8-28(9-2,20-10-12-22(18(3)14-20)26-29-16-25(31)33-26)21-11-13-23(19(4)15-21)32-17-24(30)27(5,6)7/h10-15,24,30H,8-9,16-17H2,1-7H3. The van der Waals surface area contributed by atoms with Crippen LogP contribution in [0.4, 0.5) is 0 Å². The maximum atomic E-state index is 11.5. The molecule has 1 aliphatic heterocycles. The van der Waals surface area contributed by atoms with Crippen molar-refractivity contribution in [2.45, 2.75) is 72.8 Å². The van der Waals surface area contributed by atoms with Crippen LogP contribution in [0.25, 0.3) is 0 Å². The van der Waals surface area contributed by atoms with E-state index in [9.17, 15) is 9.90 Å². The van der Waals surface area contributed by atoms with Crippen molar-refractivity contribution in [1.82, 2.24) is 0 Å². The van der Waals surface area contributed by atoms with Crippen LogP contribution in [-0.2, 0) is 14.9 Å². The average molecular weight is 452 g/mol. The fourth-order valence-corrected chi connectivity index (χ4v) is 4.41. The topological polar surface area (TPSA) is 68.1 Å². The van der Waals surface area contributed by atoms with Gasteiger partial charge in [0.1, 0.15) is 18.9 Å². The number of aliphatic imine (C=N–C) groups is 1. The van der Waals surface area contributed by atoms with Gasteiger partial charge in [0.05, 0.1) is 6.10 Å². The molecule has 1 N–H and O–H groups in total. The lowest BCUT2D eigenvalue weighted by molar-refractivity contribution is -0.132. The number of aliphatic hydroxyl groups is 1. The number of nitrogens with zero attached hydrogens (tertiary/aromatic N) is 1. The molecule has 5 nitrogen and oxygen atoms in total. The first-order valence-corrected chi connectivity index (χ1v) is 11.8. The third kappa shape index (κ3) is 5.14. The van der Waals surface area contributed by atoms with E-state index in [1.165, 1.54) is 11.1 Å². The van der Waals surface area contributed by atoms with Crippen molar-refractivity contribution in [3.8, 4) is 5.75 Å². The molecule has 0 amide bonds. The van der Waals surface area contributed by atoms with Crippen molar-refractivity contribution >= 4 is 11.9 Å². The molecule has 2 aromatic carbocycles. The second-order valence-corrected chi connectivity index (χ2v) is 10.1. The summed E-state index contributed by atoms with van der Waals surface area (Å²) in [5.41, 5.74) is 5.06. The van der Waals surface area contributed by atoms with Gasteiger partial charge in [0, 0.05) is 11.0 Å². The van der Waals surface area contributed by atoms with Gasteiger partial charge in [0.25, 0.3) is 0 Å². The maximum absolute atomic E-state index is 11.5. The predicted molar refractivity (Wildman–Crippen MR) is 132 cm³/mol. The van der Waals surface area contributed by atoms with E-state index in [1.54, 1.807) is 0 Å². The molecule has 2 aromatic rings. The smallest absolute Gasteiger partial charge is 0.334 e. The summed E-state index contributed by atoms with van der Waals surface area (Å²) in [7, 11) is 0. The predicted octanol–water partition coefficient (Wildman–Crippen LogP) is 5.50. The molecule has 0 spiro atoms. The van der Waals surface area contributed by atoms with Gasteiger partial charge in [-0.1, -0.05) is 58.9 Å². The third-order valence-electron chi connectivity index (χ3n) is 6.90. The van der Waals surface area contributed by atoms with Crippen LogP contribution in [0.15, 0.2) is 41.4 Å². The second-order valence-electron chi connectivity index (χ2n) is 10.1. The monoisotopic (exact) mass is 451 g/mol. The number of ether oxygens (including phenoxy) is 2. The lowest BCUT2D eigenvalue weighted by atomic mass is 9.70. The summed E-state index contributed by atoms with van der Waals surface area (Å²) in [5, 5.41) is 10.3. The van der Waals surface area contributed by atoms with E-state index in [2.05, 4.69) is 50.0 Å². The normalized spacial score (nSPS) is 15.3. The molecule has 0 radical (unpaired) electrons. The number of esters is 1. The zero-order valence-electron chi connectivity index (χ0n) is 21.0. The summed E-state index contributed by atoms with van der Waals surface area (Å²) in [6.45, 7) is 14.9. The number of aliphatic hydroxyl groups excluding tert-OH is 1. The summed E-state index contributed by atoms with van der Waals surface area (Å²) < 4.78 is 11.2. The molecule has 33 heavy (non-hydrogen) atoms. The fourth-order valence-electron chi connectivity index (χ4n) is 4.41. The minimum absolute atomic E-state index is 0.0882. The molecule has 0 saturated carbocycles. The number of hydrogen-bond donors (Lipinski definition) is 1. The molecule has 1 unspecified atom stereocenters. The average Bonchev–Trinajstić information content (AvgIpc) is 3.19. The minimum Gasteiger partial charge on any atom is -0.491 e. The molecule has 0 fully saturated rings. The molecule has 0 aromatic heterocycles. The van der Waals surface area contributed by atoms with Crippen LogP contribution in [0.2, 0.25) is 0 Å². The first-order valence-electron chi connectivity index (χ1n) is 11.8. The van der Waals surface area contributed by atoms with Crippen molar-refractivity contribution in [1.29, 1.82) is 0 Å². The molecule has 1 heterocycles. The molecule has 0 bridgehead atoms. The van der Waals surface area contributed by atoms with E-state index in [1.807, 2.05) is 39.8 Å². The largest absolute Gasteiger partial charge is 0.491 e. The third-order valence-corrected chi connectivity index (χ3v) is 6.90. The Morgan fingerprint density at radius 2 is 1.64 bits per heavy atom. The lowest BCUT2D eigenvalue weighted by Gasteiger charge is -2.34. The molecular weight excluding hydrogens is 414 g/mol. The molecule has 5 heteroatoms. The summed E-state index contributed by atoms with van der Waals surface area (Å²) in [5.74, 6) is 0.908. The van der Waals surface area contributed by atoms with Crippen LogP contribution >= 0.6 is 0 Å². The Bertz CT molecular complexity index is 1040. The first-order chi connectivity index (χ1) is 15.5. The highest BCUT2D eigenvalue weighted by atomic mass is 16.6. The van der Waals surface area contributed by atoms with Crippen molar-refractivity contribution < 1.29 is 19.4 Å². The molecule has 178 valence electrons. The Hall–Kier alpha value is -2.66. The Balaban J connectivity index is 1.91. The summed E-state index contributed by atoms with van der Waals surface area (Å²) >= 11 is 0. The van der Waals surface area contributed by atoms with E-state index in [4.69, 9.17) is 9.47 Å². The molecule has 1 aliphatic rings. The van der Waals surface area contributed by atoms with Gasteiger partial charge in [-0.05, 0) is 66.5 Å². The lowest BCUT2D eigenvalue weighted by Crippen LogP contribution is -2.32. The van der Waals surface area contributed by atoms with Crippen LogP contribution < -0.4 is 4.74 Å². The van der Waals surface area contributed by atoms with Crippen molar-refractivity contribution in [2.75, 3.05) is 13.2 Å². The SMILES string of the molecule is CCC(CC)(c1ccc(OCC(O)C(C)(C)C)c(C)c1)c1ccc(C2=NCC(=O)O2)c(C)c1. The highest BCUT2D eigenvalue weighted by molar-refractivity contribution is 6.05. The molecule has 0 saturated heterocycles. The number of hydrogen-bond acceptors (Lipinski definition) is 5. The highest BCUT2D eigenvalue weighted by Crippen LogP contribution is 2.41. The zero-order valence-corrected chi connectivity index (χ0v) is 21.0. The number of rotatable bonds is 8. The molecule has 1 atom stereocenters. The van der Waals surface area contributed by atoms with Gasteiger partial charge in [-0.2, -0.15) is 0 Å². The van der Waals surface area contributed by atoms with Crippen LogP contribution in [0, 0.1) is 19.3 Å². The number of carbonyl (C=O) groups is 1. The van der Waals surface area contributed by atoms with E-state index in [-0.39, 0.29) is 30.0 Å². The summed E-state index contributed by atoms with van der Waals surface area (Å²) in [6.07, 6.45) is 1.36. The van der Waals surface area contributed by atoms with Crippen LogP contribution in [0.3, 0.4) is 0 Å². The highest BCUT2D eigenvalue weighted by Gasteiger charge is 2.32. The van der Waals surface area contributed by atoms with Gasteiger partial charge in [-0.3, -0.25) is 0 Å². The van der Waals surface area contributed by atoms with E-state index in [0.29, 0.717) is 5.90 Å². The molecular formula is C28H37NO4. The van der Waals surface area contributed by atoms with Crippen LogP contribution in [-0.4, -0.2) is 36.2 Å². The fraction of sp³-hybridized carbons (Fsp3) is 0.500. The van der Waals surface area contributed by atoms with E-state index in [0.717, 1.165) is 35.3 Å². The van der Waals surface area contributed by atoms with Crippen LogP contribution in [0.1, 0.15) is 75.3 Å². The number of aryl methyl sites for hydroxylation is 2. The number of benzene rings is 2. The Morgan fingerprint density at radius 1 is 1.03 bits per heavy atom. The quantitative estimate of drug-likeness (QED) is 0.538. The van der Waals surface area contributed by atoms with Gasteiger partial charge in [-0.15, -0.1) is 0 Å². The minimum atomic E-state index is -0.535. The van der Waals surface area contributed by atoms with Gasteiger partial charge in [0.15, 0.2) is 0 Å². The van der Waals surface area contributed by atoms with E-state index < -0.39 is 6.10 Å². The number of carbonyl (C=O) groups excluding carboxylic acids is 1. The first kappa shape index (κ1) is 25.0. The van der Waals surface area contributed by atoms with Gasteiger partial charge in [-0.25, -0.2) is 9.79 Å².